The van der Waals surface area contributed by atoms with Gasteiger partial charge in [0.2, 0.25) is 0 Å². The van der Waals surface area contributed by atoms with E-state index in [9.17, 15) is 0 Å². The first-order valence-electron chi connectivity index (χ1n) is 13.0. The first-order chi connectivity index (χ1) is 17.5. The van der Waals surface area contributed by atoms with E-state index in [0.29, 0.717) is 5.92 Å². The molecule has 0 spiro atoms. The van der Waals surface area contributed by atoms with Crippen LogP contribution in [0.3, 0.4) is 0 Å². The largest absolute Gasteiger partial charge is 1.00 e. The molecule has 4 aromatic rings. The Labute approximate surface area is 247 Å². The average molecular weight is 615 g/mol. The van der Waals surface area contributed by atoms with E-state index < -0.39 is 21.3 Å². The van der Waals surface area contributed by atoms with E-state index in [0.717, 1.165) is 6.42 Å². The minimum atomic E-state index is -2.61. The van der Waals surface area contributed by atoms with Crippen molar-refractivity contribution < 1.29 is 46.1 Å². The maximum atomic E-state index is 2.53. The SMILES string of the molecule is CC1=CC(C)[C]([Zr+2](=[C](c2ccc(C)cc2)c2ccc(C)cc2)[c]2cccc3c2Cc2ccccc2-3)=C1.[Cl-].[Cl-]. The van der Waals surface area contributed by atoms with Crippen LogP contribution in [0.25, 0.3) is 11.1 Å². The second-order valence-corrected chi connectivity index (χ2v) is 16.3. The molecule has 3 heteroatoms. The number of rotatable bonds is 4. The Morgan fingerprint density at radius 1 is 0.684 bits per heavy atom. The number of benzene rings is 4. The van der Waals surface area contributed by atoms with Crippen LogP contribution in [0.1, 0.15) is 47.2 Å². The quantitative estimate of drug-likeness (QED) is 0.290. The predicted octanol–water partition coefficient (Wildman–Crippen LogP) is 1.88. The van der Waals surface area contributed by atoms with Gasteiger partial charge in [-0.05, 0) is 0 Å². The van der Waals surface area contributed by atoms with Crippen LogP contribution >= 0.6 is 0 Å². The average Bonchev–Trinajstić information content (AvgIpc) is 3.43. The zero-order chi connectivity index (χ0) is 24.8. The van der Waals surface area contributed by atoms with Crippen molar-refractivity contribution in [2.75, 3.05) is 0 Å². The van der Waals surface area contributed by atoms with Gasteiger partial charge in [-0.15, -0.1) is 0 Å². The molecule has 0 N–H and O–H groups in total. The predicted molar refractivity (Wildman–Crippen MR) is 151 cm³/mol. The molecular weight excluding hydrogens is 583 g/mol. The number of fused-ring (bicyclic) bond motifs is 3. The number of halogens is 2. The summed E-state index contributed by atoms with van der Waals surface area (Å²) in [5.41, 5.74) is 12.7. The van der Waals surface area contributed by atoms with Gasteiger partial charge in [-0.2, -0.15) is 0 Å². The van der Waals surface area contributed by atoms with E-state index in [1.54, 1.807) is 15.3 Å². The molecule has 38 heavy (non-hydrogen) atoms. The fraction of sp³-hybridized carbons (Fsp3) is 0.171. The molecule has 0 radical (unpaired) electrons. The van der Waals surface area contributed by atoms with Gasteiger partial charge in [0.25, 0.3) is 0 Å². The summed E-state index contributed by atoms with van der Waals surface area (Å²) < 4.78 is 4.93. The Hall–Kier alpha value is -2.31. The molecule has 0 fully saturated rings. The van der Waals surface area contributed by atoms with Crippen LogP contribution in [0.4, 0.5) is 0 Å². The first kappa shape index (κ1) is 28.7. The number of aryl methyl sites for hydroxylation is 2. The fourth-order valence-electron chi connectivity index (χ4n) is 5.93. The molecule has 4 aromatic carbocycles. The monoisotopic (exact) mass is 612 g/mol. The first-order valence-corrected chi connectivity index (χ1v) is 16.7. The molecule has 1 atom stereocenters. The Morgan fingerprint density at radius 2 is 1.26 bits per heavy atom. The van der Waals surface area contributed by atoms with Crippen LogP contribution in [0.15, 0.2) is 112 Å². The van der Waals surface area contributed by atoms with Crippen molar-refractivity contribution >= 4 is 6.48 Å². The molecule has 0 heterocycles. The van der Waals surface area contributed by atoms with Gasteiger partial charge in [0.1, 0.15) is 0 Å². The van der Waals surface area contributed by atoms with Crippen LogP contribution in [0.2, 0.25) is 0 Å². The third-order valence-corrected chi connectivity index (χ3v) is 15.7. The van der Waals surface area contributed by atoms with E-state index in [1.165, 1.54) is 44.5 Å². The van der Waals surface area contributed by atoms with Crippen molar-refractivity contribution in [3.05, 3.63) is 145 Å². The second kappa shape index (κ2) is 11.8. The summed E-state index contributed by atoms with van der Waals surface area (Å²) in [4.78, 5) is 0. The maximum Gasteiger partial charge on any atom is -1.00 e. The van der Waals surface area contributed by atoms with Gasteiger partial charge in [0.05, 0.1) is 0 Å². The molecule has 190 valence electrons. The smallest absolute Gasteiger partial charge is 1.00 e. The van der Waals surface area contributed by atoms with E-state index in [2.05, 4.69) is 131 Å². The van der Waals surface area contributed by atoms with Crippen molar-refractivity contribution in [1.82, 2.24) is 0 Å². The van der Waals surface area contributed by atoms with Gasteiger partial charge >= 0.3 is 224 Å². The minimum absolute atomic E-state index is 0. The van der Waals surface area contributed by atoms with E-state index in [4.69, 9.17) is 0 Å². The molecule has 1 unspecified atom stereocenters. The molecule has 0 nitrogen and oxygen atoms in total. The number of hydrogen-bond donors (Lipinski definition) is 0. The molecule has 0 saturated carbocycles. The summed E-state index contributed by atoms with van der Waals surface area (Å²) in [5, 5.41) is 0. The van der Waals surface area contributed by atoms with Crippen LogP contribution in [-0.2, 0) is 27.7 Å². The Bertz CT molecular complexity index is 1520. The van der Waals surface area contributed by atoms with Crippen molar-refractivity contribution in [3.63, 3.8) is 0 Å². The topological polar surface area (TPSA) is 0 Å². The van der Waals surface area contributed by atoms with Crippen molar-refractivity contribution in [2.45, 2.75) is 34.1 Å². The minimum Gasteiger partial charge on any atom is -1.00 e. The molecule has 0 bridgehead atoms. The van der Waals surface area contributed by atoms with Crippen molar-refractivity contribution in [2.24, 2.45) is 5.92 Å². The van der Waals surface area contributed by atoms with E-state index >= 15 is 0 Å². The standard InChI is InChI=1S/C15H14.C13H9.C7H9.2ClH.Zr/c1-12-3-7-14(8-4-12)11-15-9-5-13(2)6-10-15;1-3-7-12-10(5-1)9-11-6-2-4-8-13(11)12;1-6-3-4-7(2)5-6;;;/h3-10H,1-2H3;1-5,7-8H,9H2;3,5,7H,1-2H3;2*1H;/q;;;;;+2/p-2. The third-order valence-electron chi connectivity index (χ3n) is 7.73. The number of allylic oxidation sites excluding steroid dienone is 4. The van der Waals surface area contributed by atoms with Crippen molar-refractivity contribution in [1.29, 1.82) is 0 Å². The zero-order valence-corrected chi connectivity index (χ0v) is 26.3. The van der Waals surface area contributed by atoms with E-state index in [1.807, 2.05) is 0 Å². The van der Waals surface area contributed by atoms with Gasteiger partial charge in [-0.3, -0.25) is 0 Å². The van der Waals surface area contributed by atoms with Gasteiger partial charge in [0, 0.05) is 0 Å². The Morgan fingerprint density at radius 3 is 1.84 bits per heavy atom. The molecule has 0 saturated heterocycles. The molecule has 0 aromatic heterocycles. The Kier molecular flexibility index (Phi) is 8.94. The van der Waals surface area contributed by atoms with Crippen LogP contribution in [-0.4, -0.2) is 3.21 Å². The summed E-state index contributed by atoms with van der Waals surface area (Å²) in [6.45, 7) is 9.05. The summed E-state index contributed by atoms with van der Waals surface area (Å²) in [5.74, 6) is 0.491. The maximum absolute atomic E-state index is 2.61. The summed E-state index contributed by atoms with van der Waals surface area (Å²) in [6.07, 6.45) is 6.05. The molecule has 6 rings (SSSR count). The molecule has 0 amide bonds. The zero-order valence-electron chi connectivity index (χ0n) is 22.4. The summed E-state index contributed by atoms with van der Waals surface area (Å²) in [6, 6.07) is 34.7. The fourth-order valence-corrected chi connectivity index (χ4v) is 14.5. The Balaban J connectivity index is 0.00000168. The normalized spacial score (nSPS) is 14.7. The van der Waals surface area contributed by atoms with Crippen LogP contribution in [0.5, 0.6) is 0 Å². The molecular formula is C35H32Cl2Zr. The van der Waals surface area contributed by atoms with Gasteiger partial charge in [-0.25, -0.2) is 0 Å². The molecule has 2 aliphatic carbocycles. The summed E-state index contributed by atoms with van der Waals surface area (Å²) >= 11 is -2.61. The second-order valence-electron chi connectivity index (χ2n) is 10.4. The van der Waals surface area contributed by atoms with Crippen molar-refractivity contribution in [3.8, 4) is 11.1 Å². The summed E-state index contributed by atoms with van der Waals surface area (Å²) in [7, 11) is 0. The van der Waals surface area contributed by atoms with Gasteiger partial charge in [0.15, 0.2) is 0 Å². The van der Waals surface area contributed by atoms with E-state index in [-0.39, 0.29) is 24.8 Å². The number of hydrogen-bond acceptors (Lipinski definition) is 0. The van der Waals surface area contributed by atoms with Gasteiger partial charge in [-0.1, -0.05) is 0 Å². The van der Waals surface area contributed by atoms with Gasteiger partial charge < -0.3 is 24.8 Å². The molecule has 2 aliphatic rings. The van der Waals surface area contributed by atoms with Crippen LogP contribution < -0.4 is 28.1 Å². The molecule has 0 aliphatic heterocycles. The van der Waals surface area contributed by atoms with Crippen LogP contribution in [0, 0.1) is 19.8 Å². The third kappa shape index (κ3) is 5.27.